The Morgan fingerprint density at radius 1 is 0.698 bits per heavy atom. The highest BCUT2D eigenvalue weighted by atomic mass is 16.4. The third-order valence-electron chi connectivity index (χ3n) is 8.79. The fourth-order valence-corrected chi connectivity index (χ4v) is 6.29. The smallest absolute Gasteiger partial charge is 0.326 e. The first-order valence-corrected chi connectivity index (χ1v) is 14.9. The van der Waals surface area contributed by atoms with Gasteiger partial charge in [0.25, 0.3) is 0 Å². The molecule has 0 aromatic heterocycles. The van der Waals surface area contributed by atoms with Crippen LogP contribution < -0.4 is 5.32 Å². The zero-order valence-electron chi connectivity index (χ0n) is 24.2. The van der Waals surface area contributed by atoms with Crippen LogP contribution in [0.25, 0.3) is 21.9 Å². The molecule has 1 atom stereocenters. The molecule has 1 fully saturated rings. The molecule has 6 rings (SSSR count). The van der Waals surface area contributed by atoms with Crippen molar-refractivity contribution in [3.05, 3.63) is 144 Å². The number of hydrogen-bond acceptors (Lipinski definition) is 3. The SMILES string of the molecule is O=C(O)[C@H](Cc1ccccc1)NC(=O)C1(c2ccc(-c3ccccc3)cc2)CCN(Cc2ccc3ccccc3c2)CC1. The maximum atomic E-state index is 14.2. The van der Waals surface area contributed by atoms with Gasteiger partial charge in [0.1, 0.15) is 6.04 Å². The van der Waals surface area contributed by atoms with Crippen molar-refractivity contribution in [2.45, 2.75) is 37.3 Å². The van der Waals surface area contributed by atoms with Crippen LogP contribution in [0.1, 0.15) is 29.5 Å². The van der Waals surface area contributed by atoms with Gasteiger partial charge in [-0.05, 0) is 70.6 Å². The van der Waals surface area contributed by atoms with Gasteiger partial charge in [0.15, 0.2) is 0 Å². The molecule has 0 unspecified atom stereocenters. The van der Waals surface area contributed by atoms with Gasteiger partial charge < -0.3 is 10.4 Å². The summed E-state index contributed by atoms with van der Waals surface area (Å²) in [5, 5.41) is 15.5. The number of likely N-dealkylation sites (tertiary alicyclic amines) is 1. The number of nitrogens with zero attached hydrogens (tertiary/aromatic N) is 1. The van der Waals surface area contributed by atoms with Gasteiger partial charge in [-0.1, -0.05) is 121 Å². The minimum Gasteiger partial charge on any atom is -0.480 e. The van der Waals surface area contributed by atoms with E-state index in [1.165, 1.54) is 16.3 Å². The van der Waals surface area contributed by atoms with Crippen molar-refractivity contribution in [2.24, 2.45) is 0 Å². The van der Waals surface area contributed by atoms with Crippen molar-refractivity contribution in [3.63, 3.8) is 0 Å². The summed E-state index contributed by atoms with van der Waals surface area (Å²) in [5.41, 5.74) is 4.43. The van der Waals surface area contributed by atoms with Crippen LogP contribution in [-0.2, 0) is 28.0 Å². The van der Waals surface area contributed by atoms with Crippen LogP contribution in [0.5, 0.6) is 0 Å². The fourth-order valence-electron chi connectivity index (χ4n) is 6.29. The Labute approximate surface area is 252 Å². The maximum Gasteiger partial charge on any atom is 0.326 e. The summed E-state index contributed by atoms with van der Waals surface area (Å²) < 4.78 is 0. The summed E-state index contributed by atoms with van der Waals surface area (Å²) in [6, 6.07) is 41.8. The number of carbonyl (C=O) groups excluding carboxylic acids is 1. The van der Waals surface area contributed by atoms with E-state index in [9.17, 15) is 14.7 Å². The molecule has 5 nitrogen and oxygen atoms in total. The van der Waals surface area contributed by atoms with E-state index in [1.54, 1.807) is 0 Å². The quantitative estimate of drug-likeness (QED) is 0.204. The van der Waals surface area contributed by atoms with E-state index in [-0.39, 0.29) is 12.3 Å². The molecule has 0 radical (unpaired) electrons. The van der Waals surface area contributed by atoms with Crippen LogP contribution in [0.15, 0.2) is 127 Å². The Morgan fingerprint density at radius 2 is 1.30 bits per heavy atom. The summed E-state index contributed by atoms with van der Waals surface area (Å²) in [7, 11) is 0. The maximum absolute atomic E-state index is 14.2. The van der Waals surface area contributed by atoms with Gasteiger partial charge >= 0.3 is 5.97 Å². The molecule has 43 heavy (non-hydrogen) atoms. The largest absolute Gasteiger partial charge is 0.480 e. The molecule has 0 bridgehead atoms. The number of nitrogens with one attached hydrogen (secondary N) is 1. The molecule has 2 N–H and O–H groups in total. The normalized spacial score (nSPS) is 15.5. The van der Waals surface area contributed by atoms with Crippen molar-refractivity contribution >= 4 is 22.6 Å². The first kappa shape index (κ1) is 28.4. The summed E-state index contributed by atoms with van der Waals surface area (Å²) >= 11 is 0. The van der Waals surface area contributed by atoms with Gasteiger partial charge in [-0.2, -0.15) is 0 Å². The number of fused-ring (bicyclic) bond motifs is 1. The highest BCUT2D eigenvalue weighted by Crippen LogP contribution is 2.38. The predicted octanol–water partition coefficient (Wildman–Crippen LogP) is 6.85. The molecule has 0 saturated carbocycles. The number of aliphatic carboxylic acids is 1. The number of carbonyl (C=O) groups is 2. The number of hydrogen-bond donors (Lipinski definition) is 2. The third kappa shape index (κ3) is 6.37. The van der Waals surface area contributed by atoms with Crippen molar-refractivity contribution < 1.29 is 14.7 Å². The van der Waals surface area contributed by atoms with Crippen molar-refractivity contribution in [1.82, 2.24) is 10.2 Å². The second-order valence-electron chi connectivity index (χ2n) is 11.5. The van der Waals surface area contributed by atoms with Gasteiger partial charge in [0.05, 0.1) is 5.41 Å². The standard InChI is InChI=1S/C38H36N2O3/c41-36(42)35(26-28-9-3-1-4-10-28)39-37(43)38(34-19-17-32(18-20-34)30-11-5-2-6-12-30)21-23-40(24-22-38)27-29-15-16-31-13-7-8-14-33(31)25-29/h1-20,25,35H,21-24,26-27H2,(H,39,43)(H,41,42)/t35-/m0/s1. The molecular weight excluding hydrogens is 532 g/mol. The Bertz CT molecular complexity index is 1690. The highest BCUT2D eigenvalue weighted by molar-refractivity contribution is 5.92. The Morgan fingerprint density at radius 3 is 1.98 bits per heavy atom. The molecule has 5 aromatic carbocycles. The first-order valence-electron chi connectivity index (χ1n) is 14.9. The zero-order valence-corrected chi connectivity index (χ0v) is 24.2. The molecule has 0 aliphatic carbocycles. The predicted molar refractivity (Wildman–Crippen MR) is 172 cm³/mol. The molecule has 1 aliphatic rings. The lowest BCUT2D eigenvalue weighted by atomic mass is 9.71. The van der Waals surface area contributed by atoms with Crippen LogP contribution in [0.2, 0.25) is 0 Å². The van der Waals surface area contributed by atoms with Crippen LogP contribution in [0.3, 0.4) is 0 Å². The van der Waals surface area contributed by atoms with Crippen LogP contribution in [-0.4, -0.2) is 41.0 Å². The van der Waals surface area contributed by atoms with Crippen molar-refractivity contribution in [1.29, 1.82) is 0 Å². The number of amides is 1. The fraction of sp³-hybridized carbons (Fsp3) is 0.211. The van der Waals surface area contributed by atoms with Crippen molar-refractivity contribution in [3.8, 4) is 11.1 Å². The number of benzene rings is 5. The minimum atomic E-state index is -1.03. The monoisotopic (exact) mass is 568 g/mol. The van der Waals surface area contributed by atoms with Gasteiger partial charge in [-0.15, -0.1) is 0 Å². The van der Waals surface area contributed by atoms with Crippen LogP contribution in [0.4, 0.5) is 0 Å². The third-order valence-corrected chi connectivity index (χ3v) is 8.79. The van der Waals surface area contributed by atoms with Gasteiger partial charge in [0, 0.05) is 13.0 Å². The Balaban J connectivity index is 1.25. The minimum absolute atomic E-state index is 0.214. The lowest BCUT2D eigenvalue weighted by Crippen LogP contribution is -2.55. The van der Waals surface area contributed by atoms with E-state index < -0.39 is 17.4 Å². The number of carboxylic acid groups (broad SMARTS) is 1. The van der Waals surface area contributed by atoms with Gasteiger partial charge in [0.2, 0.25) is 5.91 Å². The number of carboxylic acids is 1. The van der Waals surface area contributed by atoms with E-state index in [0.717, 1.165) is 41.9 Å². The molecule has 216 valence electrons. The summed E-state index contributed by atoms with van der Waals surface area (Å²) in [5.74, 6) is -1.24. The van der Waals surface area contributed by atoms with E-state index >= 15 is 0 Å². The van der Waals surface area contributed by atoms with Crippen LogP contribution in [0, 0.1) is 0 Å². The molecule has 1 heterocycles. The van der Waals surface area contributed by atoms with Crippen molar-refractivity contribution in [2.75, 3.05) is 13.1 Å². The van der Waals surface area contributed by atoms with E-state index in [0.29, 0.717) is 12.8 Å². The highest BCUT2D eigenvalue weighted by Gasteiger charge is 2.44. The summed E-state index contributed by atoms with van der Waals surface area (Å²) in [4.78, 5) is 28.9. The van der Waals surface area contributed by atoms with Crippen LogP contribution >= 0.6 is 0 Å². The second-order valence-corrected chi connectivity index (χ2v) is 11.5. The molecule has 5 aromatic rings. The van der Waals surface area contributed by atoms with Gasteiger partial charge in [-0.25, -0.2) is 4.79 Å². The molecule has 5 heteroatoms. The number of rotatable bonds is 9. The van der Waals surface area contributed by atoms with Gasteiger partial charge in [-0.3, -0.25) is 9.69 Å². The second kappa shape index (κ2) is 12.6. The van der Waals surface area contributed by atoms with E-state index in [4.69, 9.17) is 0 Å². The molecule has 1 saturated heterocycles. The molecule has 1 aliphatic heterocycles. The first-order chi connectivity index (χ1) is 21.0. The zero-order chi connectivity index (χ0) is 29.6. The topological polar surface area (TPSA) is 69.6 Å². The van der Waals surface area contributed by atoms with E-state index in [1.807, 2.05) is 60.7 Å². The Kier molecular flexibility index (Phi) is 8.34. The summed E-state index contributed by atoms with van der Waals surface area (Å²) in [6.45, 7) is 2.27. The van der Waals surface area contributed by atoms with E-state index in [2.05, 4.69) is 76.9 Å². The Hall–Kier alpha value is -4.74. The number of piperidine rings is 1. The molecule has 1 amide bonds. The summed E-state index contributed by atoms with van der Waals surface area (Å²) in [6.07, 6.45) is 1.45. The molecule has 0 spiro atoms. The molecular formula is C38H36N2O3. The lowest BCUT2D eigenvalue weighted by Gasteiger charge is -2.41. The average Bonchev–Trinajstić information content (AvgIpc) is 3.06. The lowest BCUT2D eigenvalue weighted by molar-refractivity contribution is -0.143. The average molecular weight is 569 g/mol.